The molecule has 0 unspecified atom stereocenters. The van der Waals surface area contributed by atoms with E-state index < -0.39 is 5.91 Å². The van der Waals surface area contributed by atoms with Gasteiger partial charge in [-0.25, -0.2) is 14.4 Å². The monoisotopic (exact) mass is 379 g/mol. The Morgan fingerprint density at radius 2 is 1.64 bits per heavy atom. The minimum atomic E-state index is -0.444. The molecular formula is C21H22FN5O. The van der Waals surface area contributed by atoms with Crippen LogP contribution in [0, 0.1) is 5.82 Å². The summed E-state index contributed by atoms with van der Waals surface area (Å²) in [5.74, 6) is -0.200. The van der Waals surface area contributed by atoms with Crippen molar-refractivity contribution in [3.05, 3.63) is 83.1 Å². The SMILES string of the molecule is Nc1nc(CCCc2ccccc2)nc(C(=O)NCc2ccc(F)cc2)c1N. The second-order valence-corrected chi connectivity index (χ2v) is 6.44. The highest BCUT2D eigenvalue weighted by Gasteiger charge is 2.16. The Kier molecular flexibility index (Phi) is 6.16. The Hall–Kier alpha value is -3.48. The summed E-state index contributed by atoms with van der Waals surface area (Å²) in [4.78, 5) is 21.0. The average molecular weight is 379 g/mol. The molecule has 2 aromatic carbocycles. The predicted octanol–water partition coefficient (Wildman–Crippen LogP) is 2.89. The number of benzene rings is 2. The van der Waals surface area contributed by atoms with E-state index in [1.54, 1.807) is 12.1 Å². The summed E-state index contributed by atoms with van der Waals surface area (Å²) in [6.45, 7) is 0.228. The van der Waals surface area contributed by atoms with Crippen LogP contribution in [0.4, 0.5) is 15.9 Å². The molecule has 0 radical (unpaired) electrons. The molecule has 0 bridgehead atoms. The van der Waals surface area contributed by atoms with Crippen molar-refractivity contribution in [2.24, 2.45) is 0 Å². The van der Waals surface area contributed by atoms with Gasteiger partial charge in [0, 0.05) is 13.0 Å². The van der Waals surface area contributed by atoms with E-state index >= 15 is 0 Å². The second-order valence-electron chi connectivity index (χ2n) is 6.44. The van der Waals surface area contributed by atoms with Crippen molar-refractivity contribution in [1.29, 1.82) is 0 Å². The first-order valence-electron chi connectivity index (χ1n) is 9.01. The van der Waals surface area contributed by atoms with Gasteiger partial charge in [-0.05, 0) is 36.1 Å². The number of anilines is 2. The fraction of sp³-hybridized carbons (Fsp3) is 0.190. The van der Waals surface area contributed by atoms with Gasteiger partial charge in [-0.3, -0.25) is 4.79 Å². The highest BCUT2D eigenvalue weighted by molar-refractivity contribution is 5.99. The zero-order valence-electron chi connectivity index (χ0n) is 15.4. The number of nitrogens with two attached hydrogens (primary N) is 2. The number of halogens is 1. The van der Waals surface area contributed by atoms with Crippen LogP contribution in [0.2, 0.25) is 0 Å². The maximum atomic E-state index is 13.0. The second kappa shape index (κ2) is 8.94. The van der Waals surface area contributed by atoms with Crippen LogP contribution in [-0.2, 0) is 19.4 Å². The number of aryl methyl sites for hydroxylation is 2. The average Bonchev–Trinajstić information content (AvgIpc) is 2.70. The predicted molar refractivity (Wildman–Crippen MR) is 107 cm³/mol. The van der Waals surface area contributed by atoms with Gasteiger partial charge in [0.15, 0.2) is 11.5 Å². The van der Waals surface area contributed by atoms with Gasteiger partial charge in [0.1, 0.15) is 17.3 Å². The topological polar surface area (TPSA) is 107 Å². The number of nitrogens with zero attached hydrogens (tertiary/aromatic N) is 2. The normalized spacial score (nSPS) is 10.6. The molecule has 0 aliphatic carbocycles. The molecule has 0 saturated carbocycles. The van der Waals surface area contributed by atoms with Gasteiger partial charge >= 0.3 is 0 Å². The van der Waals surface area contributed by atoms with Crippen LogP contribution in [0.5, 0.6) is 0 Å². The van der Waals surface area contributed by atoms with Crippen molar-refractivity contribution in [2.45, 2.75) is 25.8 Å². The van der Waals surface area contributed by atoms with E-state index in [4.69, 9.17) is 11.5 Å². The number of carbonyl (C=O) groups excluding carboxylic acids is 1. The van der Waals surface area contributed by atoms with Gasteiger partial charge in [0.25, 0.3) is 5.91 Å². The van der Waals surface area contributed by atoms with Crippen molar-refractivity contribution in [3.63, 3.8) is 0 Å². The zero-order chi connectivity index (χ0) is 19.9. The lowest BCUT2D eigenvalue weighted by molar-refractivity contribution is 0.0946. The highest BCUT2D eigenvalue weighted by atomic mass is 19.1. The minimum Gasteiger partial charge on any atom is -0.394 e. The summed E-state index contributed by atoms with van der Waals surface area (Å²) < 4.78 is 13.0. The quantitative estimate of drug-likeness (QED) is 0.585. The van der Waals surface area contributed by atoms with Gasteiger partial charge < -0.3 is 16.8 Å². The molecule has 0 spiro atoms. The Morgan fingerprint density at radius 3 is 2.36 bits per heavy atom. The summed E-state index contributed by atoms with van der Waals surface area (Å²) in [6, 6.07) is 16.0. The van der Waals surface area contributed by atoms with Crippen LogP contribution >= 0.6 is 0 Å². The summed E-state index contributed by atoms with van der Waals surface area (Å²) in [5.41, 5.74) is 13.9. The molecule has 0 aliphatic heterocycles. The van der Waals surface area contributed by atoms with E-state index in [0.29, 0.717) is 12.2 Å². The molecule has 1 amide bonds. The molecule has 6 nitrogen and oxygen atoms in total. The molecule has 144 valence electrons. The Labute approximate surface area is 162 Å². The lowest BCUT2D eigenvalue weighted by atomic mass is 10.1. The fourth-order valence-corrected chi connectivity index (χ4v) is 2.78. The van der Waals surface area contributed by atoms with E-state index in [2.05, 4.69) is 27.4 Å². The molecule has 0 fully saturated rings. The Bertz CT molecular complexity index is 945. The molecule has 28 heavy (non-hydrogen) atoms. The third-order valence-electron chi connectivity index (χ3n) is 4.31. The van der Waals surface area contributed by atoms with Crippen LogP contribution in [0.1, 0.15) is 33.9 Å². The van der Waals surface area contributed by atoms with Gasteiger partial charge in [-0.2, -0.15) is 0 Å². The Balaban J connectivity index is 1.64. The summed E-state index contributed by atoms with van der Waals surface area (Å²) in [5, 5.41) is 2.72. The smallest absolute Gasteiger partial charge is 0.272 e. The molecule has 3 rings (SSSR count). The first-order chi connectivity index (χ1) is 13.5. The Morgan fingerprint density at radius 1 is 0.929 bits per heavy atom. The summed E-state index contributed by atoms with van der Waals surface area (Å²) in [7, 11) is 0. The number of rotatable bonds is 7. The van der Waals surface area contributed by atoms with E-state index in [-0.39, 0.29) is 29.6 Å². The largest absolute Gasteiger partial charge is 0.394 e. The third kappa shape index (κ3) is 5.03. The van der Waals surface area contributed by atoms with Crippen LogP contribution in [0.15, 0.2) is 54.6 Å². The number of amides is 1. The molecule has 0 atom stereocenters. The molecule has 1 heterocycles. The number of hydrogen-bond acceptors (Lipinski definition) is 5. The number of aromatic nitrogens is 2. The van der Waals surface area contributed by atoms with Crippen LogP contribution in [0.3, 0.4) is 0 Å². The maximum Gasteiger partial charge on any atom is 0.272 e. The molecular weight excluding hydrogens is 357 g/mol. The van der Waals surface area contributed by atoms with E-state index in [1.165, 1.54) is 17.7 Å². The first-order valence-corrected chi connectivity index (χ1v) is 9.01. The molecule has 0 aliphatic rings. The van der Waals surface area contributed by atoms with Crippen molar-refractivity contribution < 1.29 is 9.18 Å². The van der Waals surface area contributed by atoms with E-state index in [9.17, 15) is 9.18 Å². The molecule has 5 N–H and O–H groups in total. The fourth-order valence-electron chi connectivity index (χ4n) is 2.78. The van der Waals surface area contributed by atoms with Gasteiger partial charge in [-0.15, -0.1) is 0 Å². The van der Waals surface area contributed by atoms with Crippen molar-refractivity contribution in [1.82, 2.24) is 15.3 Å². The van der Waals surface area contributed by atoms with Crippen molar-refractivity contribution >= 4 is 17.4 Å². The number of nitrogen functional groups attached to an aromatic ring is 2. The van der Waals surface area contributed by atoms with Gasteiger partial charge in [-0.1, -0.05) is 42.5 Å². The first kappa shape index (κ1) is 19.3. The van der Waals surface area contributed by atoms with Gasteiger partial charge in [0.2, 0.25) is 0 Å². The lowest BCUT2D eigenvalue weighted by Gasteiger charge is -2.10. The van der Waals surface area contributed by atoms with E-state index in [0.717, 1.165) is 18.4 Å². The van der Waals surface area contributed by atoms with Crippen LogP contribution in [-0.4, -0.2) is 15.9 Å². The maximum absolute atomic E-state index is 13.0. The molecule has 0 saturated heterocycles. The molecule has 1 aromatic heterocycles. The third-order valence-corrected chi connectivity index (χ3v) is 4.31. The zero-order valence-corrected chi connectivity index (χ0v) is 15.4. The number of hydrogen-bond donors (Lipinski definition) is 3. The van der Waals surface area contributed by atoms with Crippen molar-refractivity contribution in [3.8, 4) is 0 Å². The van der Waals surface area contributed by atoms with E-state index in [1.807, 2.05) is 18.2 Å². The standard InChI is InChI=1S/C21H22FN5O/c22-16-11-9-15(10-12-16)13-25-21(28)19-18(23)20(24)27-17(26-19)8-4-7-14-5-2-1-3-6-14/h1-3,5-6,9-12H,4,7-8,13,23H2,(H,25,28)(H2,24,26,27). The number of nitrogens with one attached hydrogen (secondary N) is 1. The summed E-state index contributed by atoms with van der Waals surface area (Å²) in [6.07, 6.45) is 2.28. The lowest BCUT2D eigenvalue weighted by Crippen LogP contribution is -2.26. The van der Waals surface area contributed by atoms with Crippen LogP contribution < -0.4 is 16.8 Å². The molecule has 7 heteroatoms. The van der Waals surface area contributed by atoms with Crippen molar-refractivity contribution in [2.75, 3.05) is 11.5 Å². The number of carbonyl (C=O) groups is 1. The minimum absolute atomic E-state index is 0.0587. The molecule has 3 aromatic rings. The highest BCUT2D eigenvalue weighted by Crippen LogP contribution is 2.17. The summed E-state index contributed by atoms with van der Waals surface area (Å²) >= 11 is 0. The van der Waals surface area contributed by atoms with Gasteiger partial charge in [0.05, 0.1) is 0 Å². The van der Waals surface area contributed by atoms with Crippen LogP contribution in [0.25, 0.3) is 0 Å².